The van der Waals surface area contributed by atoms with Gasteiger partial charge in [-0.15, -0.1) is 17.9 Å². The van der Waals surface area contributed by atoms with Gasteiger partial charge in [-0.05, 0) is 32.4 Å². The number of carboxylic acids is 1. The minimum Gasteiger partial charge on any atom is -0.497 e. The molecular formula is C31H34N6O8S. The van der Waals surface area contributed by atoms with Gasteiger partial charge in [-0.3, -0.25) is 9.59 Å². The third kappa shape index (κ3) is 5.89. The number of amides is 3. The maximum atomic E-state index is 13.6. The first-order valence-electron chi connectivity index (χ1n) is 14.8. The molecule has 2 aromatic heterocycles. The second-order valence-electron chi connectivity index (χ2n) is 11.8. The fraction of sp³-hybridized carbons (Fsp3) is 0.419. The fourth-order valence-electron chi connectivity index (χ4n) is 5.83. The molecule has 0 spiro atoms. The van der Waals surface area contributed by atoms with Crippen LogP contribution in [0, 0.1) is 5.92 Å². The van der Waals surface area contributed by atoms with Crippen LogP contribution in [0.1, 0.15) is 26.7 Å². The number of aliphatic carboxylic acids is 1. The molecule has 3 aromatic rings. The third-order valence-electron chi connectivity index (χ3n) is 8.30. The number of rotatable bonds is 11. The average Bonchev–Trinajstić information content (AvgIpc) is 3.38. The predicted molar refractivity (Wildman–Crippen MR) is 168 cm³/mol. The van der Waals surface area contributed by atoms with E-state index in [1.54, 1.807) is 25.3 Å². The van der Waals surface area contributed by atoms with E-state index < -0.39 is 53.5 Å². The Morgan fingerprint density at radius 2 is 2.07 bits per heavy atom. The quantitative estimate of drug-likeness (QED) is 0.224. The van der Waals surface area contributed by atoms with Crippen molar-refractivity contribution in [2.75, 3.05) is 25.6 Å². The number of pyridine rings is 1. The lowest BCUT2D eigenvalue weighted by atomic mass is 10.1. The molecule has 46 heavy (non-hydrogen) atoms. The van der Waals surface area contributed by atoms with Gasteiger partial charge in [-0.2, -0.15) is 0 Å². The maximum Gasteiger partial charge on any atom is 0.407 e. The Morgan fingerprint density at radius 1 is 1.26 bits per heavy atom. The molecular weight excluding hydrogens is 616 g/mol. The lowest BCUT2D eigenvalue weighted by Gasteiger charge is -2.27. The monoisotopic (exact) mass is 650 g/mol. The Morgan fingerprint density at radius 3 is 2.72 bits per heavy atom. The van der Waals surface area contributed by atoms with E-state index in [-0.39, 0.29) is 32.0 Å². The number of anilines is 1. The molecule has 3 amide bonds. The van der Waals surface area contributed by atoms with Crippen LogP contribution in [0.15, 0.2) is 42.3 Å². The lowest BCUT2D eigenvalue weighted by molar-refractivity contribution is -0.145. The fourth-order valence-corrected chi connectivity index (χ4v) is 6.68. The van der Waals surface area contributed by atoms with E-state index in [2.05, 4.69) is 27.5 Å². The number of nitrogens with one attached hydrogen (secondary N) is 3. The topological polar surface area (TPSA) is 181 Å². The molecule has 3 aliphatic rings. The standard InChI is InChI=1S/C31H34N6O8S/c1-5-16-11-31(16,28(40)41)36-26(38)24-9-18(12-37(24)27(39)22-13-44-30(42)35-22)45-25-10-21(23-14-46-29(34-23)32-15(2)3)33-20-8-17(43-4)6-7-19(20)25/h5-8,10,14-16,18,22,24H,1,9,11-13H2,2-4H3,(H,32,34)(H,35,42)(H,36,38)(H,40,41)/t16-,18-,22?,24+,31-/m1/s1. The Labute approximate surface area is 268 Å². The minimum atomic E-state index is -1.48. The zero-order valence-electron chi connectivity index (χ0n) is 25.4. The van der Waals surface area contributed by atoms with Gasteiger partial charge in [0, 0.05) is 41.3 Å². The Bertz CT molecular complexity index is 1730. The molecule has 1 saturated carbocycles. The van der Waals surface area contributed by atoms with Gasteiger partial charge >= 0.3 is 12.1 Å². The first-order chi connectivity index (χ1) is 22.0. The number of benzene rings is 1. The molecule has 4 heterocycles. The Balaban J connectivity index is 1.31. The molecule has 1 unspecified atom stereocenters. The molecule has 5 atom stereocenters. The molecule has 2 aliphatic heterocycles. The highest BCUT2D eigenvalue weighted by Gasteiger charge is 2.61. The summed E-state index contributed by atoms with van der Waals surface area (Å²) in [7, 11) is 1.56. The molecule has 1 aliphatic carbocycles. The number of methoxy groups -OCH3 is 1. The summed E-state index contributed by atoms with van der Waals surface area (Å²) in [6.45, 7) is 7.53. The van der Waals surface area contributed by atoms with Crippen LogP contribution in [-0.4, -0.2) is 93.9 Å². The second-order valence-corrected chi connectivity index (χ2v) is 12.7. The number of hydrogen-bond acceptors (Lipinski definition) is 11. The van der Waals surface area contributed by atoms with E-state index in [0.717, 1.165) is 5.13 Å². The summed E-state index contributed by atoms with van der Waals surface area (Å²) in [6, 6.07) is 5.30. The van der Waals surface area contributed by atoms with Crippen molar-refractivity contribution in [3.05, 3.63) is 42.3 Å². The predicted octanol–water partition coefficient (Wildman–Crippen LogP) is 2.79. The molecule has 6 rings (SSSR count). The normalized spacial score (nSPS) is 25.1. The highest BCUT2D eigenvalue weighted by atomic mass is 32.1. The van der Waals surface area contributed by atoms with Gasteiger partial charge in [0.15, 0.2) is 5.13 Å². The van der Waals surface area contributed by atoms with Gasteiger partial charge in [-0.25, -0.2) is 19.6 Å². The molecule has 2 saturated heterocycles. The smallest absolute Gasteiger partial charge is 0.407 e. The van der Waals surface area contributed by atoms with E-state index >= 15 is 0 Å². The van der Waals surface area contributed by atoms with Gasteiger partial charge in [0.25, 0.3) is 0 Å². The van der Waals surface area contributed by atoms with Gasteiger partial charge in [-0.1, -0.05) is 6.08 Å². The van der Waals surface area contributed by atoms with Crippen LogP contribution in [0.5, 0.6) is 11.5 Å². The van der Waals surface area contributed by atoms with E-state index in [4.69, 9.17) is 19.2 Å². The van der Waals surface area contributed by atoms with E-state index in [9.17, 15) is 24.3 Å². The van der Waals surface area contributed by atoms with E-state index in [0.29, 0.717) is 33.8 Å². The van der Waals surface area contributed by atoms with Crippen LogP contribution in [0.4, 0.5) is 9.93 Å². The molecule has 14 nitrogen and oxygen atoms in total. The Kier molecular flexibility index (Phi) is 8.19. The largest absolute Gasteiger partial charge is 0.497 e. The summed E-state index contributed by atoms with van der Waals surface area (Å²) in [5.74, 6) is -1.71. The number of fused-ring (bicyclic) bond motifs is 1. The molecule has 3 fully saturated rings. The SMILES string of the molecule is C=C[C@@H]1C[C@]1(NC(=O)[C@@H]1C[C@@H](Oc2cc(-c3csc(NC(C)C)n3)nc3cc(OC)ccc23)CN1C(=O)C1COC(=O)N1)C(=O)O. The molecule has 15 heteroatoms. The van der Waals surface area contributed by atoms with Crippen LogP contribution in [-0.2, 0) is 19.1 Å². The summed E-state index contributed by atoms with van der Waals surface area (Å²) in [4.78, 5) is 61.8. The molecule has 0 radical (unpaired) electrons. The lowest BCUT2D eigenvalue weighted by Crippen LogP contribution is -2.55. The average molecular weight is 651 g/mol. The summed E-state index contributed by atoms with van der Waals surface area (Å²) in [5, 5.41) is 21.6. The number of ether oxygens (including phenoxy) is 3. The number of nitrogens with zero attached hydrogens (tertiary/aromatic N) is 3. The highest BCUT2D eigenvalue weighted by Crippen LogP contribution is 2.45. The first kappa shape index (κ1) is 31.1. The Hall–Kier alpha value is -4.92. The number of carbonyl (C=O) groups is 4. The van der Waals surface area contributed by atoms with Crippen molar-refractivity contribution in [2.45, 2.75) is 56.5 Å². The number of aromatic nitrogens is 2. The number of carbonyl (C=O) groups excluding carboxylic acids is 3. The summed E-state index contributed by atoms with van der Waals surface area (Å²) in [5.41, 5.74) is 0.308. The van der Waals surface area contributed by atoms with Crippen molar-refractivity contribution < 1.29 is 38.5 Å². The number of carboxylic acid groups (broad SMARTS) is 1. The zero-order valence-corrected chi connectivity index (χ0v) is 26.3. The van der Waals surface area contributed by atoms with Gasteiger partial charge in [0.05, 0.1) is 24.9 Å². The van der Waals surface area contributed by atoms with Crippen molar-refractivity contribution >= 4 is 51.2 Å². The third-order valence-corrected chi connectivity index (χ3v) is 9.07. The number of hydrogen-bond donors (Lipinski definition) is 4. The van der Waals surface area contributed by atoms with Gasteiger partial charge in [0.2, 0.25) is 11.8 Å². The number of alkyl carbamates (subject to hydrolysis) is 1. The van der Waals surface area contributed by atoms with Crippen LogP contribution >= 0.6 is 11.3 Å². The molecule has 242 valence electrons. The summed E-state index contributed by atoms with van der Waals surface area (Å²) >= 11 is 1.45. The highest BCUT2D eigenvalue weighted by molar-refractivity contribution is 7.14. The van der Waals surface area contributed by atoms with E-state index in [1.807, 2.05) is 25.3 Å². The second kappa shape index (κ2) is 12.1. The molecule has 0 bridgehead atoms. The van der Waals surface area contributed by atoms with Crippen LogP contribution in [0.2, 0.25) is 0 Å². The number of thiazole rings is 1. The maximum absolute atomic E-state index is 13.6. The summed E-state index contributed by atoms with van der Waals surface area (Å²) in [6.07, 6.45) is 0.367. The minimum absolute atomic E-state index is 0.00269. The summed E-state index contributed by atoms with van der Waals surface area (Å²) < 4.78 is 16.9. The van der Waals surface area contributed by atoms with Gasteiger partial charge in [0.1, 0.15) is 47.5 Å². The van der Waals surface area contributed by atoms with Crippen LogP contribution < -0.4 is 25.4 Å². The van der Waals surface area contributed by atoms with Crippen molar-refractivity contribution in [3.63, 3.8) is 0 Å². The zero-order chi connectivity index (χ0) is 32.7. The van der Waals surface area contributed by atoms with Crippen LogP contribution in [0.25, 0.3) is 22.3 Å². The van der Waals surface area contributed by atoms with Crippen molar-refractivity contribution in [1.82, 2.24) is 25.5 Å². The van der Waals surface area contributed by atoms with E-state index in [1.165, 1.54) is 22.3 Å². The van der Waals surface area contributed by atoms with Crippen LogP contribution in [0.3, 0.4) is 0 Å². The van der Waals surface area contributed by atoms with Crippen molar-refractivity contribution in [2.24, 2.45) is 5.92 Å². The molecule has 1 aromatic carbocycles. The number of cyclic esters (lactones) is 1. The van der Waals surface area contributed by atoms with Gasteiger partial charge < -0.3 is 40.2 Å². The van der Waals surface area contributed by atoms with Crippen molar-refractivity contribution in [1.29, 1.82) is 0 Å². The number of likely N-dealkylation sites (tertiary alicyclic amines) is 1. The van der Waals surface area contributed by atoms with Crippen molar-refractivity contribution in [3.8, 4) is 22.9 Å². The first-order valence-corrected chi connectivity index (χ1v) is 15.7. The molecule has 4 N–H and O–H groups in total.